The first-order valence-corrected chi connectivity index (χ1v) is 11.5. The zero-order valence-corrected chi connectivity index (χ0v) is 21.0. The summed E-state index contributed by atoms with van der Waals surface area (Å²) in [6.45, 7) is 1.73. The van der Waals surface area contributed by atoms with Gasteiger partial charge in [-0.25, -0.2) is 0 Å². The van der Waals surface area contributed by atoms with Crippen molar-refractivity contribution >= 4 is 11.8 Å². The molecule has 2 aromatic rings. The second kappa shape index (κ2) is 12.3. The Bertz CT molecular complexity index is 984. The van der Waals surface area contributed by atoms with Crippen molar-refractivity contribution in [2.24, 2.45) is 5.92 Å². The molecule has 1 fully saturated rings. The Labute approximate surface area is 206 Å². The minimum atomic E-state index is -0.442. The van der Waals surface area contributed by atoms with Gasteiger partial charge < -0.3 is 33.9 Å². The predicted molar refractivity (Wildman–Crippen MR) is 131 cm³/mol. The summed E-state index contributed by atoms with van der Waals surface area (Å²) in [4.78, 5) is 28.2. The monoisotopic (exact) mass is 486 g/mol. The molecule has 35 heavy (non-hydrogen) atoms. The smallest absolute Gasteiger partial charge is 0.253 e. The lowest BCUT2D eigenvalue weighted by atomic mass is 9.88. The highest BCUT2D eigenvalue weighted by Gasteiger charge is 2.41. The van der Waals surface area contributed by atoms with Crippen LogP contribution in [0.5, 0.6) is 23.0 Å². The summed E-state index contributed by atoms with van der Waals surface area (Å²) in [5, 5.41) is 2.99. The molecule has 3 rings (SSSR count). The highest BCUT2D eigenvalue weighted by atomic mass is 16.5. The van der Waals surface area contributed by atoms with Gasteiger partial charge in [-0.05, 0) is 48.4 Å². The van der Waals surface area contributed by atoms with Crippen molar-refractivity contribution in [2.45, 2.75) is 12.3 Å². The second-order valence-electron chi connectivity index (χ2n) is 8.25. The molecule has 0 spiro atoms. The Balaban J connectivity index is 1.91. The Morgan fingerprint density at radius 3 is 2.11 bits per heavy atom. The standard InChI is InChI=1S/C26H34N2O7/c1-31-12-6-11-27-25(29)21-16-28(26(30)17-7-9-19(32-2)10-8-17)15-20(21)18-13-22(33-3)24(35-5)23(14-18)34-4/h7-10,13-14,20-21H,6,11-12,15-16H2,1-5H3,(H,27,29)/t20-,21+/m1/s1. The molecule has 0 saturated carbocycles. The van der Waals surface area contributed by atoms with Gasteiger partial charge in [0.2, 0.25) is 11.7 Å². The number of carbonyl (C=O) groups excluding carboxylic acids is 2. The van der Waals surface area contributed by atoms with E-state index in [4.69, 9.17) is 23.7 Å². The number of ether oxygens (including phenoxy) is 5. The fourth-order valence-corrected chi connectivity index (χ4v) is 4.36. The number of hydrogen-bond donors (Lipinski definition) is 1. The van der Waals surface area contributed by atoms with Crippen LogP contribution >= 0.6 is 0 Å². The topological polar surface area (TPSA) is 95.6 Å². The number of carbonyl (C=O) groups is 2. The summed E-state index contributed by atoms with van der Waals surface area (Å²) < 4.78 is 26.8. The van der Waals surface area contributed by atoms with E-state index in [0.29, 0.717) is 61.2 Å². The quantitative estimate of drug-likeness (QED) is 0.488. The van der Waals surface area contributed by atoms with Gasteiger partial charge in [0.1, 0.15) is 5.75 Å². The van der Waals surface area contributed by atoms with E-state index in [1.807, 2.05) is 12.1 Å². The third-order valence-electron chi connectivity index (χ3n) is 6.22. The lowest BCUT2D eigenvalue weighted by Gasteiger charge is -2.21. The normalized spacial score (nSPS) is 17.1. The molecule has 0 radical (unpaired) electrons. The summed E-state index contributed by atoms with van der Waals surface area (Å²) in [7, 11) is 7.85. The Hall–Kier alpha value is -3.46. The van der Waals surface area contributed by atoms with Crippen molar-refractivity contribution in [3.8, 4) is 23.0 Å². The summed E-state index contributed by atoms with van der Waals surface area (Å²) in [5.74, 6) is 1.21. The van der Waals surface area contributed by atoms with E-state index < -0.39 is 5.92 Å². The van der Waals surface area contributed by atoms with Gasteiger partial charge in [0.15, 0.2) is 11.5 Å². The van der Waals surface area contributed by atoms with Crippen LogP contribution < -0.4 is 24.3 Å². The van der Waals surface area contributed by atoms with Gasteiger partial charge in [0.05, 0.1) is 34.4 Å². The van der Waals surface area contributed by atoms with Gasteiger partial charge >= 0.3 is 0 Å². The third kappa shape index (κ3) is 5.97. The van der Waals surface area contributed by atoms with E-state index >= 15 is 0 Å². The first kappa shape index (κ1) is 26.2. The molecule has 9 heteroatoms. The molecular formula is C26H34N2O7. The molecule has 1 aliphatic rings. The molecule has 1 N–H and O–H groups in total. The van der Waals surface area contributed by atoms with Crippen molar-refractivity contribution in [1.82, 2.24) is 10.2 Å². The van der Waals surface area contributed by atoms with Crippen LogP contribution in [0, 0.1) is 5.92 Å². The maximum absolute atomic E-state index is 13.3. The molecule has 0 bridgehead atoms. The van der Waals surface area contributed by atoms with Gasteiger partial charge in [-0.3, -0.25) is 9.59 Å². The van der Waals surface area contributed by atoms with Gasteiger partial charge in [-0.2, -0.15) is 0 Å². The van der Waals surface area contributed by atoms with E-state index in [9.17, 15) is 9.59 Å². The van der Waals surface area contributed by atoms with Crippen molar-refractivity contribution in [1.29, 1.82) is 0 Å². The molecule has 190 valence electrons. The van der Waals surface area contributed by atoms with Crippen LogP contribution in [0.15, 0.2) is 36.4 Å². The zero-order chi connectivity index (χ0) is 25.4. The molecule has 0 aliphatic carbocycles. The van der Waals surface area contributed by atoms with Crippen LogP contribution in [-0.2, 0) is 9.53 Å². The predicted octanol–water partition coefficient (Wildman–Crippen LogP) is 2.73. The summed E-state index contributed by atoms with van der Waals surface area (Å²) in [6, 6.07) is 10.7. The highest BCUT2D eigenvalue weighted by molar-refractivity contribution is 5.95. The van der Waals surface area contributed by atoms with Gasteiger partial charge in [0, 0.05) is 44.8 Å². The fraction of sp³-hybridized carbons (Fsp3) is 0.462. The first-order chi connectivity index (χ1) is 17.0. The van der Waals surface area contributed by atoms with Crippen LogP contribution in [0.4, 0.5) is 0 Å². The van der Waals surface area contributed by atoms with Crippen LogP contribution in [0.1, 0.15) is 28.3 Å². The van der Waals surface area contributed by atoms with Crippen LogP contribution in [0.25, 0.3) is 0 Å². The van der Waals surface area contributed by atoms with Crippen molar-refractivity contribution in [3.63, 3.8) is 0 Å². The molecule has 2 aromatic carbocycles. The lowest BCUT2D eigenvalue weighted by Crippen LogP contribution is -2.36. The van der Waals surface area contributed by atoms with Crippen LogP contribution in [0.2, 0.25) is 0 Å². The maximum Gasteiger partial charge on any atom is 0.253 e. The van der Waals surface area contributed by atoms with Crippen molar-refractivity contribution in [2.75, 3.05) is 61.8 Å². The van der Waals surface area contributed by atoms with Crippen LogP contribution in [0.3, 0.4) is 0 Å². The summed E-state index contributed by atoms with van der Waals surface area (Å²) >= 11 is 0. The number of amides is 2. The molecular weight excluding hydrogens is 452 g/mol. The van der Waals surface area contributed by atoms with E-state index in [-0.39, 0.29) is 17.7 Å². The average Bonchev–Trinajstić information content (AvgIpc) is 3.35. The number of nitrogens with one attached hydrogen (secondary N) is 1. The highest BCUT2D eigenvalue weighted by Crippen LogP contribution is 2.43. The van der Waals surface area contributed by atoms with Crippen molar-refractivity contribution < 1.29 is 33.3 Å². The maximum atomic E-state index is 13.3. The van der Waals surface area contributed by atoms with Gasteiger partial charge in [0.25, 0.3) is 5.91 Å². The molecule has 0 unspecified atom stereocenters. The fourth-order valence-electron chi connectivity index (χ4n) is 4.36. The number of rotatable bonds is 11. The van der Waals surface area contributed by atoms with Gasteiger partial charge in [-0.15, -0.1) is 0 Å². The lowest BCUT2D eigenvalue weighted by molar-refractivity contribution is -0.125. The molecule has 1 aliphatic heterocycles. The SMILES string of the molecule is COCCCNC(=O)[C@H]1CN(C(=O)c2ccc(OC)cc2)C[C@@H]1c1cc(OC)c(OC)c(OC)c1. The molecule has 0 aromatic heterocycles. The third-order valence-corrected chi connectivity index (χ3v) is 6.22. The number of likely N-dealkylation sites (tertiary alicyclic amines) is 1. The zero-order valence-electron chi connectivity index (χ0n) is 21.0. The number of benzene rings is 2. The van der Waals surface area contributed by atoms with E-state index in [2.05, 4.69) is 5.32 Å². The summed E-state index contributed by atoms with van der Waals surface area (Å²) in [5.41, 5.74) is 1.37. The molecule has 2 atom stereocenters. The molecule has 1 heterocycles. The summed E-state index contributed by atoms with van der Waals surface area (Å²) in [6.07, 6.45) is 0.707. The largest absolute Gasteiger partial charge is 0.497 e. The number of hydrogen-bond acceptors (Lipinski definition) is 7. The number of nitrogens with zero attached hydrogens (tertiary/aromatic N) is 1. The second-order valence-corrected chi connectivity index (χ2v) is 8.25. The average molecular weight is 487 g/mol. The van der Waals surface area contributed by atoms with Crippen LogP contribution in [-0.4, -0.2) is 78.5 Å². The van der Waals surface area contributed by atoms with Crippen molar-refractivity contribution in [3.05, 3.63) is 47.5 Å². The Morgan fingerprint density at radius 2 is 1.57 bits per heavy atom. The Kier molecular flexibility index (Phi) is 9.19. The van der Waals surface area contributed by atoms with E-state index in [1.165, 1.54) is 0 Å². The van der Waals surface area contributed by atoms with E-state index in [0.717, 1.165) is 5.56 Å². The first-order valence-electron chi connectivity index (χ1n) is 11.5. The minimum absolute atomic E-state index is 0.107. The minimum Gasteiger partial charge on any atom is -0.497 e. The molecule has 2 amide bonds. The Morgan fingerprint density at radius 1 is 0.914 bits per heavy atom. The molecule has 1 saturated heterocycles. The van der Waals surface area contributed by atoms with E-state index in [1.54, 1.807) is 64.7 Å². The van der Waals surface area contributed by atoms with Gasteiger partial charge in [-0.1, -0.05) is 0 Å². The molecule has 9 nitrogen and oxygen atoms in total. The number of methoxy groups -OCH3 is 5.